The lowest BCUT2D eigenvalue weighted by molar-refractivity contribution is 0.0621. The van der Waals surface area contributed by atoms with Gasteiger partial charge in [0.1, 0.15) is 5.82 Å². The molecule has 18 heavy (non-hydrogen) atoms. The molecule has 1 saturated heterocycles. The number of hydrogen-bond acceptors (Lipinski definition) is 3. The summed E-state index contributed by atoms with van der Waals surface area (Å²) in [6.45, 7) is 1.28. The van der Waals surface area contributed by atoms with Gasteiger partial charge in [0, 0.05) is 25.4 Å². The van der Waals surface area contributed by atoms with Crippen LogP contribution in [0.2, 0.25) is 0 Å². The zero-order chi connectivity index (χ0) is 13.1. The molecule has 0 aromatic heterocycles. The smallest absolute Gasteiger partial charge is 0.255 e. The monoisotopic (exact) mass is 252 g/mol. The van der Waals surface area contributed by atoms with Crippen LogP contribution in [0.1, 0.15) is 23.2 Å². The highest BCUT2D eigenvalue weighted by atomic mass is 19.1. The van der Waals surface area contributed by atoms with Crippen LogP contribution in [0.25, 0.3) is 0 Å². The topological polar surface area (TPSA) is 66.6 Å². The minimum Gasteiger partial charge on any atom is -0.398 e. The van der Waals surface area contributed by atoms with Gasteiger partial charge in [-0.3, -0.25) is 4.79 Å². The van der Waals surface area contributed by atoms with Gasteiger partial charge >= 0.3 is 0 Å². The Kier molecular flexibility index (Phi) is 3.81. The molecule has 0 aliphatic carbocycles. The Morgan fingerprint density at radius 3 is 3.00 bits per heavy atom. The number of halogens is 1. The van der Waals surface area contributed by atoms with Crippen molar-refractivity contribution in [1.29, 1.82) is 0 Å². The van der Waals surface area contributed by atoms with Crippen LogP contribution in [-0.4, -0.2) is 35.6 Å². The Bertz CT molecular complexity index is 451. The van der Waals surface area contributed by atoms with Crippen LogP contribution in [0, 0.1) is 11.7 Å². The number of aliphatic hydroxyl groups is 1. The Labute approximate surface area is 105 Å². The van der Waals surface area contributed by atoms with E-state index < -0.39 is 5.82 Å². The summed E-state index contributed by atoms with van der Waals surface area (Å²) in [6.07, 6.45) is 1.80. The van der Waals surface area contributed by atoms with Gasteiger partial charge in [-0.15, -0.1) is 0 Å². The van der Waals surface area contributed by atoms with E-state index in [1.165, 1.54) is 12.1 Å². The van der Waals surface area contributed by atoms with Gasteiger partial charge in [-0.1, -0.05) is 0 Å². The van der Waals surface area contributed by atoms with E-state index in [2.05, 4.69) is 0 Å². The molecule has 1 aliphatic rings. The molecule has 1 unspecified atom stereocenters. The number of rotatable bonds is 2. The molecule has 1 amide bonds. The maximum atomic E-state index is 12.9. The molecule has 1 aromatic carbocycles. The summed E-state index contributed by atoms with van der Waals surface area (Å²) in [5, 5.41) is 9.14. The number of nitrogens with two attached hydrogens (primary N) is 1. The highest BCUT2D eigenvalue weighted by Crippen LogP contribution is 2.21. The first-order chi connectivity index (χ1) is 8.61. The number of carbonyl (C=O) groups is 1. The van der Waals surface area contributed by atoms with Crippen molar-refractivity contribution in [3.63, 3.8) is 0 Å². The van der Waals surface area contributed by atoms with Gasteiger partial charge in [-0.2, -0.15) is 0 Å². The molecule has 1 fully saturated rings. The first-order valence-electron chi connectivity index (χ1n) is 6.07. The van der Waals surface area contributed by atoms with Crippen LogP contribution >= 0.6 is 0 Å². The van der Waals surface area contributed by atoms with E-state index in [9.17, 15) is 9.18 Å². The van der Waals surface area contributed by atoms with Gasteiger partial charge < -0.3 is 15.7 Å². The van der Waals surface area contributed by atoms with Gasteiger partial charge in [-0.25, -0.2) is 4.39 Å². The van der Waals surface area contributed by atoms with Gasteiger partial charge in [0.15, 0.2) is 0 Å². The van der Waals surface area contributed by atoms with Crippen LogP contribution in [0.15, 0.2) is 18.2 Å². The number of likely N-dealkylation sites (tertiary alicyclic amines) is 1. The largest absolute Gasteiger partial charge is 0.398 e. The third-order valence-electron chi connectivity index (χ3n) is 3.31. The number of aliphatic hydroxyl groups excluding tert-OH is 1. The van der Waals surface area contributed by atoms with Crippen molar-refractivity contribution in [2.24, 2.45) is 5.92 Å². The lowest BCUT2D eigenvalue weighted by Crippen LogP contribution is -2.41. The lowest BCUT2D eigenvalue weighted by atomic mass is 9.98. The molecule has 0 saturated carbocycles. The molecule has 5 heteroatoms. The zero-order valence-electron chi connectivity index (χ0n) is 10.1. The van der Waals surface area contributed by atoms with Crippen molar-refractivity contribution >= 4 is 11.6 Å². The average Bonchev–Trinajstić information content (AvgIpc) is 2.38. The van der Waals surface area contributed by atoms with Crippen LogP contribution in [-0.2, 0) is 0 Å². The van der Waals surface area contributed by atoms with Crippen molar-refractivity contribution in [3.05, 3.63) is 29.6 Å². The Hall–Kier alpha value is -1.62. The quantitative estimate of drug-likeness (QED) is 0.778. The fraction of sp³-hybridized carbons (Fsp3) is 0.462. The second-order valence-corrected chi connectivity index (χ2v) is 4.67. The molecule has 2 rings (SSSR count). The zero-order valence-corrected chi connectivity index (χ0v) is 10.1. The maximum Gasteiger partial charge on any atom is 0.255 e. The van der Waals surface area contributed by atoms with E-state index in [1.54, 1.807) is 4.90 Å². The van der Waals surface area contributed by atoms with Crippen molar-refractivity contribution < 1.29 is 14.3 Å². The number of nitrogens with zero attached hydrogens (tertiary/aromatic N) is 1. The number of amides is 1. The van der Waals surface area contributed by atoms with Gasteiger partial charge in [0.05, 0.1) is 5.56 Å². The third kappa shape index (κ3) is 2.61. The number of carbonyl (C=O) groups excluding carboxylic acids is 1. The summed E-state index contributed by atoms with van der Waals surface area (Å²) in [5.74, 6) is -0.508. The standard InChI is InChI=1S/C13H17FN2O2/c14-10-3-4-11(12(15)6-10)13(18)16-5-1-2-9(7-16)8-17/h3-4,6,9,17H,1-2,5,7-8,15H2. The van der Waals surface area contributed by atoms with E-state index in [4.69, 9.17) is 10.8 Å². The van der Waals surface area contributed by atoms with Gasteiger partial charge in [-0.05, 0) is 37.0 Å². The van der Waals surface area contributed by atoms with E-state index in [0.717, 1.165) is 18.9 Å². The number of anilines is 1. The van der Waals surface area contributed by atoms with Crippen LogP contribution in [0.4, 0.5) is 10.1 Å². The second-order valence-electron chi connectivity index (χ2n) is 4.67. The van der Waals surface area contributed by atoms with Crippen LogP contribution < -0.4 is 5.73 Å². The van der Waals surface area contributed by atoms with E-state index in [1.807, 2.05) is 0 Å². The molecule has 0 spiro atoms. The first kappa shape index (κ1) is 12.8. The van der Waals surface area contributed by atoms with E-state index in [0.29, 0.717) is 18.7 Å². The summed E-state index contributed by atoms with van der Waals surface area (Å²) in [5.41, 5.74) is 6.15. The Morgan fingerprint density at radius 2 is 2.33 bits per heavy atom. The van der Waals surface area contributed by atoms with Crippen molar-refractivity contribution in [2.75, 3.05) is 25.4 Å². The van der Waals surface area contributed by atoms with Gasteiger partial charge in [0.2, 0.25) is 0 Å². The predicted molar refractivity (Wildman–Crippen MR) is 66.5 cm³/mol. The minimum absolute atomic E-state index is 0.0860. The Morgan fingerprint density at radius 1 is 1.56 bits per heavy atom. The van der Waals surface area contributed by atoms with Crippen molar-refractivity contribution in [1.82, 2.24) is 4.90 Å². The molecule has 98 valence electrons. The summed E-state index contributed by atoms with van der Waals surface area (Å²) in [4.78, 5) is 13.9. The SMILES string of the molecule is Nc1cc(F)ccc1C(=O)N1CCCC(CO)C1. The normalized spacial score (nSPS) is 19.9. The number of piperidine rings is 1. The van der Waals surface area contributed by atoms with Gasteiger partial charge in [0.25, 0.3) is 5.91 Å². The molecule has 0 bridgehead atoms. The van der Waals surface area contributed by atoms with Crippen molar-refractivity contribution in [2.45, 2.75) is 12.8 Å². The summed E-state index contributed by atoms with van der Waals surface area (Å²) in [7, 11) is 0. The predicted octanol–water partition coefficient (Wildman–Crippen LogP) is 1.25. The van der Waals surface area contributed by atoms with Crippen LogP contribution in [0.3, 0.4) is 0 Å². The van der Waals surface area contributed by atoms with E-state index >= 15 is 0 Å². The lowest BCUT2D eigenvalue weighted by Gasteiger charge is -2.32. The second kappa shape index (κ2) is 5.35. The average molecular weight is 252 g/mol. The fourth-order valence-corrected chi connectivity index (χ4v) is 2.30. The number of nitrogen functional groups attached to an aromatic ring is 1. The molecule has 4 nitrogen and oxygen atoms in total. The fourth-order valence-electron chi connectivity index (χ4n) is 2.30. The number of hydrogen-bond donors (Lipinski definition) is 2. The summed E-state index contributed by atoms with van der Waals surface area (Å²) >= 11 is 0. The summed E-state index contributed by atoms with van der Waals surface area (Å²) in [6, 6.07) is 3.80. The first-order valence-corrected chi connectivity index (χ1v) is 6.07. The Balaban J connectivity index is 2.15. The maximum absolute atomic E-state index is 12.9. The van der Waals surface area contributed by atoms with Crippen molar-refractivity contribution in [3.8, 4) is 0 Å². The minimum atomic E-state index is -0.448. The number of benzene rings is 1. The molecule has 3 N–H and O–H groups in total. The molecular weight excluding hydrogens is 235 g/mol. The third-order valence-corrected chi connectivity index (χ3v) is 3.31. The highest BCUT2D eigenvalue weighted by Gasteiger charge is 2.25. The molecule has 1 atom stereocenters. The summed E-state index contributed by atoms with van der Waals surface area (Å²) < 4.78 is 12.9. The molecular formula is C13H17FN2O2. The molecule has 0 radical (unpaired) electrons. The molecule has 1 aliphatic heterocycles. The molecule has 1 heterocycles. The van der Waals surface area contributed by atoms with Crippen LogP contribution in [0.5, 0.6) is 0 Å². The highest BCUT2D eigenvalue weighted by molar-refractivity contribution is 5.99. The van der Waals surface area contributed by atoms with E-state index in [-0.39, 0.29) is 24.1 Å². The molecule has 1 aromatic rings.